The molecule has 2 atom stereocenters. The van der Waals surface area contributed by atoms with Gasteiger partial charge in [-0.15, -0.1) is 0 Å². The predicted octanol–water partition coefficient (Wildman–Crippen LogP) is 1.64. The molecule has 6 nitrogen and oxygen atoms in total. The first-order chi connectivity index (χ1) is 10.8. The lowest BCUT2D eigenvalue weighted by Gasteiger charge is -2.35. The molecule has 1 aliphatic heterocycles. The van der Waals surface area contributed by atoms with Gasteiger partial charge < -0.3 is 9.64 Å². The fourth-order valence-corrected chi connectivity index (χ4v) is 3.63. The van der Waals surface area contributed by atoms with Crippen molar-refractivity contribution in [1.82, 2.24) is 20.3 Å². The SMILES string of the molecule is O=C(C1CCCc2n[nH]nc21)N1CCCC(OCC2CC2)C1. The lowest BCUT2D eigenvalue weighted by Crippen LogP contribution is -2.45. The van der Waals surface area contributed by atoms with Crippen molar-refractivity contribution < 1.29 is 9.53 Å². The zero-order valence-electron chi connectivity index (χ0n) is 13.0. The van der Waals surface area contributed by atoms with E-state index in [-0.39, 0.29) is 17.9 Å². The smallest absolute Gasteiger partial charge is 0.231 e. The van der Waals surface area contributed by atoms with Crippen LogP contribution in [0.25, 0.3) is 0 Å². The van der Waals surface area contributed by atoms with Crippen molar-refractivity contribution >= 4 is 5.91 Å². The summed E-state index contributed by atoms with van der Waals surface area (Å²) >= 11 is 0. The largest absolute Gasteiger partial charge is 0.376 e. The van der Waals surface area contributed by atoms with Gasteiger partial charge in [0.2, 0.25) is 5.91 Å². The first-order valence-electron chi connectivity index (χ1n) is 8.61. The summed E-state index contributed by atoms with van der Waals surface area (Å²) in [4.78, 5) is 14.9. The third kappa shape index (κ3) is 2.89. The molecule has 1 aromatic rings. The molecule has 22 heavy (non-hydrogen) atoms. The number of aromatic amines is 1. The fraction of sp³-hybridized carbons (Fsp3) is 0.812. The van der Waals surface area contributed by atoms with Crippen LogP contribution in [0.5, 0.6) is 0 Å². The highest BCUT2D eigenvalue weighted by Gasteiger charge is 2.35. The van der Waals surface area contributed by atoms with Crippen LogP contribution in [-0.4, -0.2) is 52.0 Å². The van der Waals surface area contributed by atoms with E-state index >= 15 is 0 Å². The van der Waals surface area contributed by atoms with Crippen LogP contribution < -0.4 is 0 Å². The molecule has 2 aliphatic carbocycles. The van der Waals surface area contributed by atoms with Gasteiger partial charge in [0, 0.05) is 19.7 Å². The maximum Gasteiger partial charge on any atom is 0.231 e. The monoisotopic (exact) mass is 304 g/mol. The third-order valence-corrected chi connectivity index (χ3v) is 5.14. The van der Waals surface area contributed by atoms with Gasteiger partial charge in [-0.05, 0) is 50.9 Å². The molecule has 2 fully saturated rings. The Morgan fingerprint density at radius 1 is 1.23 bits per heavy atom. The average Bonchev–Trinajstić information content (AvgIpc) is 3.27. The van der Waals surface area contributed by atoms with Crippen molar-refractivity contribution in [3.8, 4) is 0 Å². The van der Waals surface area contributed by atoms with Crippen molar-refractivity contribution in [2.24, 2.45) is 5.92 Å². The molecule has 1 N–H and O–H groups in total. The number of piperidine rings is 1. The predicted molar refractivity (Wildman–Crippen MR) is 80.3 cm³/mol. The number of nitrogens with zero attached hydrogens (tertiary/aromatic N) is 3. The summed E-state index contributed by atoms with van der Waals surface area (Å²) in [6.45, 7) is 2.48. The summed E-state index contributed by atoms with van der Waals surface area (Å²) in [6.07, 6.45) is 7.81. The minimum atomic E-state index is -0.107. The first-order valence-corrected chi connectivity index (χ1v) is 8.61. The van der Waals surface area contributed by atoms with Crippen molar-refractivity contribution in [3.05, 3.63) is 11.4 Å². The van der Waals surface area contributed by atoms with Crippen LogP contribution in [0.3, 0.4) is 0 Å². The number of fused-ring (bicyclic) bond motifs is 1. The maximum atomic E-state index is 12.9. The van der Waals surface area contributed by atoms with Gasteiger partial charge in [0.15, 0.2) is 0 Å². The number of likely N-dealkylation sites (tertiary alicyclic amines) is 1. The molecule has 120 valence electrons. The van der Waals surface area contributed by atoms with E-state index in [4.69, 9.17) is 4.74 Å². The van der Waals surface area contributed by atoms with Crippen LogP contribution in [0.2, 0.25) is 0 Å². The molecule has 0 bridgehead atoms. The first kappa shape index (κ1) is 14.2. The molecule has 1 saturated heterocycles. The Morgan fingerprint density at radius 3 is 3.00 bits per heavy atom. The molecule has 2 unspecified atom stereocenters. The summed E-state index contributed by atoms with van der Waals surface area (Å²) in [7, 11) is 0. The molecule has 0 aromatic carbocycles. The van der Waals surface area contributed by atoms with Crippen LogP contribution in [0.15, 0.2) is 0 Å². The number of nitrogens with one attached hydrogen (secondary N) is 1. The van der Waals surface area contributed by atoms with Crippen LogP contribution >= 0.6 is 0 Å². The molecular formula is C16H24N4O2. The normalized spacial score (nSPS) is 28.5. The zero-order chi connectivity index (χ0) is 14.9. The lowest BCUT2D eigenvalue weighted by atomic mass is 9.88. The minimum absolute atomic E-state index is 0.107. The van der Waals surface area contributed by atoms with Gasteiger partial charge in [-0.2, -0.15) is 15.4 Å². The van der Waals surface area contributed by atoms with Gasteiger partial charge in [0.05, 0.1) is 23.4 Å². The average molecular weight is 304 g/mol. The Kier molecular flexibility index (Phi) is 3.86. The fourth-order valence-electron chi connectivity index (χ4n) is 3.63. The lowest BCUT2D eigenvalue weighted by molar-refractivity contribution is -0.137. The summed E-state index contributed by atoms with van der Waals surface area (Å²) in [6, 6.07) is 0. The summed E-state index contributed by atoms with van der Waals surface area (Å²) in [5.41, 5.74) is 1.85. The Bertz CT molecular complexity index is 540. The molecular weight excluding hydrogens is 280 g/mol. The molecule has 1 saturated carbocycles. The van der Waals surface area contributed by atoms with Gasteiger partial charge in [-0.25, -0.2) is 0 Å². The highest BCUT2D eigenvalue weighted by atomic mass is 16.5. The quantitative estimate of drug-likeness (QED) is 0.918. The molecule has 1 aromatic heterocycles. The summed E-state index contributed by atoms with van der Waals surface area (Å²) in [5, 5.41) is 11.1. The van der Waals surface area contributed by atoms with E-state index < -0.39 is 0 Å². The highest BCUT2D eigenvalue weighted by molar-refractivity contribution is 5.83. The third-order valence-electron chi connectivity index (χ3n) is 5.14. The molecule has 4 rings (SSSR count). The van der Waals surface area contributed by atoms with Crippen molar-refractivity contribution in [2.45, 2.75) is 57.0 Å². The van der Waals surface area contributed by atoms with Gasteiger partial charge in [-0.1, -0.05) is 0 Å². The molecule has 6 heteroatoms. The second-order valence-electron chi connectivity index (χ2n) is 6.93. The molecule has 0 radical (unpaired) electrons. The number of ether oxygens (including phenoxy) is 1. The van der Waals surface area contributed by atoms with E-state index in [0.29, 0.717) is 0 Å². The van der Waals surface area contributed by atoms with E-state index in [1.807, 2.05) is 4.90 Å². The summed E-state index contributed by atoms with van der Waals surface area (Å²) < 4.78 is 6.00. The van der Waals surface area contributed by atoms with Crippen LogP contribution in [0.4, 0.5) is 0 Å². The van der Waals surface area contributed by atoms with Gasteiger partial charge >= 0.3 is 0 Å². The Labute approximate surface area is 130 Å². The van der Waals surface area contributed by atoms with Crippen LogP contribution in [-0.2, 0) is 16.0 Å². The number of amides is 1. The molecule has 3 aliphatic rings. The van der Waals surface area contributed by atoms with Gasteiger partial charge in [0.25, 0.3) is 0 Å². The molecule has 1 amide bonds. The molecule has 2 heterocycles. The number of aryl methyl sites for hydroxylation is 1. The number of hydrogen-bond acceptors (Lipinski definition) is 4. The van der Waals surface area contributed by atoms with Crippen molar-refractivity contribution in [2.75, 3.05) is 19.7 Å². The van der Waals surface area contributed by atoms with Gasteiger partial charge in [0.1, 0.15) is 0 Å². The maximum absolute atomic E-state index is 12.9. The van der Waals surface area contributed by atoms with E-state index in [0.717, 1.165) is 69.1 Å². The van der Waals surface area contributed by atoms with E-state index in [1.54, 1.807) is 0 Å². The van der Waals surface area contributed by atoms with Gasteiger partial charge in [-0.3, -0.25) is 4.79 Å². The Hall–Kier alpha value is -1.43. The number of H-pyrrole nitrogens is 1. The Morgan fingerprint density at radius 2 is 2.14 bits per heavy atom. The Balaban J connectivity index is 1.39. The highest BCUT2D eigenvalue weighted by Crippen LogP contribution is 2.32. The van der Waals surface area contributed by atoms with E-state index in [9.17, 15) is 4.79 Å². The van der Waals surface area contributed by atoms with Crippen molar-refractivity contribution in [3.63, 3.8) is 0 Å². The standard InChI is InChI=1S/C16H24N4O2/c21-16(13-4-1-5-14-15(13)18-19-17-14)20-8-2-3-12(9-20)22-10-11-6-7-11/h11-13H,1-10H2,(H,17,18,19). The number of hydrogen-bond donors (Lipinski definition) is 1. The van der Waals surface area contributed by atoms with Crippen LogP contribution in [0, 0.1) is 5.92 Å². The number of aromatic nitrogens is 3. The minimum Gasteiger partial charge on any atom is -0.376 e. The summed E-state index contributed by atoms with van der Waals surface area (Å²) in [5.74, 6) is 0.890. The number of carbonyl (C=O) groups excluding carboxylic acids is 1. The number of carbonyl (C=O) groups is 1. The van der Waals surface area contributed by atoms with Crippen LogP contribution in [0.1, 0.15) is 55.8 Å². The zero-order valence-corrected chi connectivity index (χ0v) is 13.0. The number of rotatable bonds is 4. The van der Waals surface area contributed by atoms with Crippen molar-refractivity contribution in [1.29, 1.82) is 0 Å². The second-order valence-corrected chi connectivity index (χ2v) is 6.93. The van der Waals surface area contributed by atoms with E-state index in [2.05, 4.69) is 15.4 Å². The molecule has 0 spiro atoms. The van der Waals surface area contributed by atoms with E-state index in [1.165, 1.54) is 12.8 Å². The second kappa shape index (κ2) is 5.99. The topological polar surface area (TPSA) is 71.1 Å².